The first-order valence-corrected chi connectivity index (χ1v) is 8.65. The summed E-state index contributed by atoms with van der Waals surface area (Å²) in [7, 11) is 0. The molecule has 1 heterocycles. The average molecular weight is 266 g/mol. The number of fused-ring (bicyclic) bond motifs is 1. The number of piperidine rings is 1. The van der Waals surface area contributed by atoms with Crippen LogP contribution in [0.3, 0.4) is 0 Å². The van der Waals surface area contributed by atoms with Gasteiger partial charge in [0.15, 0.2) is 0 Å². The van der Waals surface area contributed by atoms with Gasteiger partial charge in [-0.25, -0.2) is 0 Å². The van der Waals surface area contributed by atoms with E-state index < -0.39 is 0 Å². The Hall–Kier alpha value is -0.0800. The molecule has 1 saturated carbocycles. The zero-order valence-corrected chi connectivity index (χ0v) is 13.3. The molecule has 0 radical (unpaired) electrons. The van der Waals surface area contributed by atoms with E-state index in [1.165, 1.54) is 64.6 Å². The van der Waals surface area contributed by atoms with Gasteiger partial charge in [-0.1, -0.05) is 26.7 Å². The fourth-order valence-electron chi connectivity index (χ4n) is 4.08. The molecule has 0 aromatic rings. The number of rotatable bonds is 6. The summed E-state index contributed by atoms with van der Waals surface area (Å²) in [6.07, 6.45) is 10.2. The molecule has 0 spiro atoms. The molecular weight excluding hydrogens is 232 g/mol. The predicted molar refractivity (Wildman–Crippen MR) is 83.5 cm³/mol. The van der Waals surface area contributed by atoms with Crippen molar-refractivity contribution in [1.82, 2.24) is 10.2 Å². The summed E-state index contributed by atoms with van der Waals surface area (Å²) in [5, 5.41) is 3.60. The quantitative estimate of drug-likeness (QED) is 0.738. The van der Waals surface area contributed by atoms with Crippen LogP contribution >= 0.6 is 0 Å². The van der Waals surface area contributed by atoms with Crippen LogP contribution in [0.15, 0.2) is 0 Å². The van der Waals surface area contributed by atoms with E-state index in [-0.39, 0.29) is 0 Å². The maximum Gasteiger partial charge on any atom is 0.0126 e. The number of nitrogens with zero attached hydrogens (tertiary/aromatic N) is 1. The molecule has 0 aromatic heterocycles. The topological polar surface area (TPSA) is 15.3 Å². The molecule has 112 valence electrons. The number of hydrogen-bond acceptors (Lipinski definition) is 2. The van der Waals surface area contributed by atoms with Crippen LogP contribution in [0.2, 0.25) is 0 Å². The van der Waals surface area contributed by atoms with Crippen molar-refractivity contribution in [2.45, 2.75) is 77.8 Å². The zero-order valence-electron chi connectivity index (χ0n) is 13.3. The molecule has 1 saturated heterocycles. The minimum atomic E-state index is 0.769. The van der Waals surface area contributed by atoms with Crippen molar-refractivity contribution in [2.75, 3.05) is 19.6 Å². The standard InChI is InChI=1S/C17H34N2/c1-14(2)13-18-11-10-15(3)19-12-6-8-16-7-4-5-9-17(16)19/h14-18H,4-13H2,1-3H3/t15?,16-,17-/m1/s1. The van der Waals surface area contributed by atoms with Crippen molar-refractivity contribution in [3.63, 3.8) is 0 Å². The van der Waals surface area contributed by atoms with Crippen molar-refractivity contribution in [3.05, 3.63) is 0 Å². The van der Waals surface area contributed by atoms with Crippen LogP contribution in [0.25, 0.3) is 0 Å². The third kappa shape index (κ3) is 4.46. The summed E-state index contributed by atoms with van der Waals surface area (Å²) in [6, 6.07) is 1.69. The van der Waals surface area contributed by atoms with Crippen LogP contribution in [0.5, 0.6) is 0 Å². The highest BCUT2D eigenvalue weighted by atomic mass is 15.2. The Kier molecular flexibility index (Phi) is 6.15. The molecule has 3 atom stereocenters. The largest absolute Gasteiger partial charge is 0.316 e. The minimum absolute atomic E-state index is 0.769. The molecule has 2 heteroatoms. The Labute approximate surface area is 120 Å². The molecule has 0 aromatic carbocycles. The second-order valence-corrected chi connectivity index (χ2v) is 7.23. The highest BCUT2D eigenvalue weighted by molar-refractivity contribution is 4.89. The van der Waals surface area contributed by atoms with Crippen LogP contribution < -0.4 is 5.32 Å². The molecule has 1 unspecified atom stereocenters. The molecule has 2 aliphatic rings. The van der Waals surface area contributed by atoms with Gasteiger partial charge in [-0.2, -0.15) is 0 Å². The molecule has 0 bridgehead atoms. The Morgan fingerprint density at radius 3 is 2.58 bits per heavy atom. The first-order valence-electron chi connectivity index (χ1n) is 8.65. The van der Waals surface area contributed by atoms with E-state index in [0.717, 1.165) is 23.9 Å². The monoisotopic (exact) mass is 266 g/mol. The lowest BCUT2D eigenvalue weighted by Crippen LogP contribution is -2.51. The number of hydrogen-bond donors (Lipinski definition) is 1. The molecule has 1 aliphatic heterocycles. The van der Waals surface area contributed by atoms with Crippen molar-refractivity contribution in [3.8, 4) is 0 Å². The molecule has 1 aliphatic carbocycles. The van der Waals surface area contributed by atoms with E-state index in [4.69, 9.17) is 0 Å². The summed E-state index contributed by atoms with van der Waals surface area (Å²) in [5.74, 6) is 1.79. The highest BCUT2D eigenvalue weighted by Crippen LogP contribution is 2.36. The molecule has 19 heavy (non-hydrogen) atoms. The van der Waals surface area contributed by atoms with Gasteiger partial charge in [0.2, 0.25) is 0 Å². The molecular formula is C17H34N2. The van der Waals surface area contributed by atoms with E-state index in [9.17, 15) is 0 Å². The van der Waals surface area contributed by atoms with E-state index in [2.05, 4.69) is 31.0 Å². The van der Waals surface area contributed by atoms with Gasteiger partial charge in [0.25, 0.3) is 0 Å². The third-order valence-corrected chi connectivity index (χ3v) is 5.14. The van der Waals surface area contributed by atoms with Gasteiger partial charge in [-0.05, 0) is 70.5 Å². The SMILES string of the molecule is CC(C)CNCCC(C)N1CCC[C@H]2CCCC[C@H]21. The Morgan fingerprint density at radius 1 is 1.05 bits per heavy atom. The zero-order chi connectivity index (χ0) is 13.7. The van der Waals surface area contributed by atoms with Gasteiger partial charge in [0, 0.05) is 12.1 Å². The van der Waals surface area contributed by atoms with Crippen LogP contribution in [0, 0.1) is 11.8 Å². The van der Waals surface area contributed by atoms with E-state index in [0.29, 0.717) is 0 Å². The Bertz CT molecular complexity index is 250. The van der Waals surface area contributed by atoms with Crippen molar-refractivity contribution in [1.29, 1.82) is 0 Å². The number of nitrogens with one attached hydrogen (secondary N) is 1. The van der Waals surface area contributed by atoms with E-state index >= 15 is 0 Å². The molecule has 1 N–H and O–H groups in total. The third-order valence-electron chi connectivity index (χ3n) is 5.14. The van der Waals surface area contributed by atoms with Crippen LogP contribution in [0.1, 0.15) is 65.7 Å². The second kappa shape index (κ2) is 7.64. The Balaban J connectivity index is 1.75. The van der Waals surface area contributed by atoms with Gasteiger partial charge in [0.1, 0.15) is 0 Å². The lowest BCUT2D eigenvalue weighted by molar-refractivity contribution is 0.0288. The number of likely N-dealkylation sites (tertiary alicyclic amines) is 1. The van der Waals surface area contributed by atoms with Crippen molar-refractivity contribution >= 4 is 0 Å². The van der Waals surface area contributed by atoms with Crippen molar-refractivity contribution < 1.29 is 0 Å². The second-order valence-electron chi connectivity index (χ2n) is 7.23. The lowest BCUT2D eigenvalue weighted by atomic mass is 9.77. The minimum Gasteiger partial charge on any atom is -0.316 e. The first-order chi connectivity index (χ1) is 9.18. The van der Waals surface area contributed by atoms with Crippen LogP contribution in [-0.4, -0.2) is 36.6 Å². The van der Waals surface area contributed by atoms with Gasteiger partial charge < -0.3 is 5.32 Å². The lowest BCUT2D eigenvalue weighted by Gasteiger charge is -2.47. The summed E-state index contributed by atoms with van der Waals surface area (Å²) < 4.78 is 0. The van der Waals surface area contributed by atoms with Gasteiger partial charge in [0.05, 0.1) is 0 Å². The van der Waals surface area contributed by atoms with E-state index in [1.807, 2.05) is 0 Å². The van der Waals surface area contributed by atoms with Gasteiger partial charge >= 0.3 is 0 Å². The summed E-state index contributed by atoms with van der Waals surface area (Å²) in [4.78, 5) is 2.85. The average Bonchev–Trinajstić information content (AvgIpc) is 2.42. The molecule has 2 rings (SSSR count). The molecule has 2 nitrogen and oxygen atoms in total. The summed E-state index contributed by atoms with van der Waals surface area (Å²) in [6.45, 7) is 10.7. The van der Waals surface area contributed by atoms with Crippen LogP contribution in [0.4, 0.5) is 0 Å². The smallest absolute Gasteiger partial charge is 0.0126 e. The maximum absolute atomic E-state index is 3.60. The summed E-state index contributed by atoms with van der Waals surface area (Å²) >= 11 is 0. The van der Waals surface area contributed by atoms with Crippen molar-refractivity contribution in [2.24, 2.45) is 11.8 Å². The fourth-order valence-corrected chi connectivity index (χ4v) is 4.08. The van der Waals surface area contributed by atoms with Gasteiger partial charge in [-0.15, -0.1) is 0 Å². The predicted octanol–water partition coefficient (Wildman–Crippen LogP) is 3.67. The first kappa shape index (κ1) is 15.3. The van der Waals surface area contributed by atoms with E-state index in [1.54, 1.807) is 0 Å². The Morgan fingerprint density at radius 2 is 1.79 bits per heavy atom. The molecule has 0 amide bonds. The fraction of sp³-hybridized carbons (Fsp3) is 1.00. The summed E-state index contributed by atoms with van der Waals surface area (Å²) in [5.41, 5.74) is 0. The maximum atomic E-state index is 3.60. The highest BCUT2D eigenvalue weighted by Gasteiger charge is 2.34. The normalized spacial score (nSPS) is 30.3. The van der Waals surface area contributed by atoms with Gasteiger partial charge in [-0.3, -0.25) is 4.90 Å². The van der Waals surface area contributed by atoms with Crippen LogP contribution in [-0.2, 0) is 0 Å². The molecule has 2 fully saturated rings.